The summed E-state index contributed by atoms with van der Waals surface area (Å²) >= 11 is 0. The SMILES string of the molecule is COc1ccc(C(CN)NCC2CCCO2)c(OC)c1. The van der Waals surface area contributed by atoms with E-state index in [0.717, 1.165) is 43.1 Å². The molecule has 20 heavy (non-hydrogen) atoms. The number of hydrogen-bond donors (Lipinski definition) is 2. The molecule has 1 aromatic carbocycles. The van der Waals surface area contributed by atoms with Crippen LogP contribution in [0, 0.1) is 0 Å². The summed E-state index contributed by atoms with van der Waals surface area (Å²) in [5, 5.41) is 3.47. The molecule has 1 saturated heterocycles. The van der Waals surface area contributed by atoms with E-state index in [1.807, 2.05) is 18.2 Å². The lowest BCUT2D eigenvalue weighted by molar-refractivity contribution is 0.107. The van der Waals surface area contributed by atoms with Crippen molar-refractivity contribution in [2.45, 2.75) is 25.0 Å². The van der Waals surface area contributed by atoms with Crippen molar-refractivity contribution in [3.63, 3.8) is 0 Å². The number of benzene rings is 1. The highest BCUT2D eigenvalue weighted by Crippen LogP contribution is 2.29. The highest BCUT2D eigenvalue weighted by Gasteiger charge is 2.19. The first-order chi connectivity index (χ1) is 9.78. The van der Waals surface area contributed by atoms with E-state index in [0.29, 0.717) is 12.6 Å². The lowest BCUT2D eigenvalue weighted by Gasteiger charge is -2.22. The van der Waals surface area contributed by atoms with Crippen molar-refractivity contribution in [3.8, 4) is 11.5 Å². The van der Waals surface area contributed by atoms with Crippen LogP contribution in [0.25, 0.3) is 0 Å². The van der Waals surface area contributed by atoms with Gasteiger partial charge < -0.3 is 25.3 Å². The second-order valence-electron chi connectivity index (χ2n) is 4.94. The summed E-state index contributed by atoms with van der Waals surface area (Å²) < 4.78 is 16.3. The highest BCUT2D eigenvalue weighted by atomic mass is 16.5. The monoisotopic (exact) mass is 280 g/mol. The van der Waals surface area contributed by atoms with Gasteiger partial charge in [-0.05, 0) is 18.9 Å². The molecule has 3 N–H and O–H groups in total. The van der Waals surface area contributed by atoms with Crippen molar-refractivity contribution >= 4 is 0 Å². The zero-order valence-corrected chi connectivity index (χ0v) is 12.2. The van der Waals surface area contributed by atoms with Crippen LogP contribution in [0.1, 0.15) is 24.4 Å². The fraction of sp³-hybridized carbons (Fsp3) is 0.600. The smallest absolute Gasteiger partial charge is 0.127 e. The van der Waals surface area contributed by atoms with Gasteiger partial charge in [-0.3, -0.25) is 0 Å². The van der Waals surface area contributed by atoms with E-state index < -0.39 is 0 Å². The van der Waals surface area contributed by atoms with Crippen molar-refractivity contribution < 1.29 is 14.2 Å². The minimum absolute atomic E-state index is 0.0556. The molecule has 1 heterocycles. The van der Waals surface area contributed by atoms with Crippen LogP contribution in [0.4, 0.5) is 0 Å². The van der Waals surface area contributed by atoms with Crippen molar-refractivity contribution in [2.24, 2.45) is 5.73 Å². The average molecular weight is 280 g/mol. The van der Waals surface area contributed by atoms with Gasteiger partial charge in [0.25, 0.3) is 0 Å². The Morgan fingerprint density at radius 1 is 1.40 bits per heavy atom. The van der Waals surface area contributed by atoms with Gasteiger partial charge in [0.05, 0.1) is 20.3 Å². The van der Waals surface area contributed by atoms with E-state index in [9.17, 15) is 0 Å². The van der Waals surface area contributed by atoms with Crippen molar-refractivity contribution in [1.82, 2.24) is 5.32 Å². The first kappa shape index (κ1) is 15.1. The molecule has 0 aliphatic carbocycles. The molecule has 0 amide bonds. The molecule has 2 rings (SSSR count). The maximum absolute atomic E-state index is 5.89. The van der Waals surface area contributed by atoms with Crippen LogP contribution >= 0.6 is 0 Å². The molecule has 0 bridgehead atoms. The molecule has 0 saturated carbocycles. The summed E-state index contributed by atoms with van der Waals surface area (Å²) in [6, 6.07) is 5.86. The van der Waals surface area contributed by atoms with Gasteiger partial charge in [0.15, 0.2) is 0 Å². The van der Waals surface area contributed by atoms with E-state index in [2.05, 4.69) is 5.32 Å². The minimum Gasteiger partial charge on any atom is -0.497 e. The van der Waals surface area contributed by atoms with Crippen LogP contribution < -0.4 is 20.5 Å². The lowest BCUT2D eigenvalue weighted by atomic mass is 10.0. The van der Waals surface area contributed by atoms with Gasteiger partial charge in [0.1, 0.15) is 11.5 Å². The molecule has 0 spiro atoms. The Labute approximate surface area is 120 Å². The Balaban J connectivity index is 2.05. The van der Waals surface area contributed by atoms with E-state index >= 15 is 0 Å². The Morgan fingerprint density at radius 3 is 2.85 bits per heavy atom. The van der Waals surface area contributed by atoms with Crippen molar-refractivity contribution in [2.75, 3.05) is 33.9 Å². The van der Waals surface area contributed by atoms with Crippen LogP contribution in [-0.4, -0.2) is 40.0 Å². The first-order valence-corrected chi connectivity index (χ1v) is 7.05. The maximum Gasteiger partial charge on any atom is 0.127 e. The van der Waals surface area contributed by atoms with E-state index in [4.69, 9.17) is 19.9 Å². The van der Waals surface area contributed by atoms with Crippen LogP contribution in [0.5, 0.6) is 11.5 Å². The normalized spacial score (nSPS) is 19.9. The summed E-state index contributed by atoms with van der Waals surface area (Å²) in [5.74, 6) is 1.57. The number of rotatable bonds is 7. The average Bonchev–Trinajstić information content (AvgIpc) is 3.01. The van der Waals surface area contributed by atoms with Gasteiger partial charge in [0, 0.05) is 37.4 Å². The second kappa shape index (κ2) is 7.47. The van der Waals surface area contributed by atoms with Crippen LogP contribution in [0.2, 0.25) is 0 Å². The van der Waals surface area contributed by atoms with Crippen LogP contribution in [-0.2, 0) is 4.74 Å². The molecule has 0 radical (unpaired) electrons. The first-order valence-electron chi connectivity index (χ1n) is 7.05. The summed E-state index contributed by atoms with van der Waals surface area (Å²) in [6.07, 6.45) is 2.56. The topological polar surface area (TPSA) is 65.7 Å². The second-order valence-corrected chi connectivity index (χ2v) is 4.94. The fourth-order valence-electron chi connectivity index (χ4n) is 2.51. The molecule has 0 aromatic heterocycles. The van der Waals surface area contributed by atoms with Crippen molar-refractivity contribution in [1.29, 1.82) is 0 Å². The van der Waals surface area contributed by atoms with Gasteiger partial charge in [-0.25, -0.2) is 0 Å². The lowest BCUT2D eigenvalue weighted by Crippen LogP contribution is -2.34. The molecule has 2 unspecified atom stereocenters. The Hall–Kier alpha value is -1.30. The molecule has 2 atom stereocenters. The molecule has 1 fully saturated rings. The zero-order chi connectivity index (χ0) is 14.4. The molecular weight excluding hydrogens is 256 g/mol. The zero-order valence-electron chi connectivity index (χ0n) is 12.2. The third kappa shape index (κ3) is 3.62. The maximum atomic E-state index is 5.89. The number of nitrogens with one attached hydrogen (secondary N) is 1. The summed E-state index contributed by atoms with van der Waals surface area (Å²) in [4.78, 5) is 0. The van der Waals surface area contributed by atoms with Crippen LogP contribution in [0.3, 0.4) is 0 Å². The summed E-state index contributed by atoms with van der Waals surface area (Å²) in [5.41, 5.74) is 6.94. The fourth-order valence-corrected chi connectivity index (χ4v) is 2.51. The Morgan fingerprint density at radius 2 is 2.25 bits per heavy atom. The van der Waals surface area contributed by atoms with E-state index in [-0.39, 0.29) is 6.04 Å². The number of ether oxygens (including phenoxy) is 3. The van der Waals surface area contributed by atoms with Gasteiger partial charge in [0.2, 0.25) is 0 Å². The largest absolute Gasteiger partial charge is 0.497 e. The predicted octanol–water partition coefficient (Wildman–Crippen LogP) is 1.47. The standard InChI is InChI=1S/C15H24N2O3/c1-18-11-5-6-13(15(8-11)19-2)14(9-16)17-10-12-4-3-7-20-12/h5-6,8,12,14,17H,3-4,7,9-10,16H2,1-2H3. The Bertz CT molecular complexity index is 420. The third-order valence-corrected chi connectivity index (χ3v) is 3.67. The quantitative estimate of drug-likeness (QED) is 0.792. The number of methoxy groups -OCH3 is 2. The van der Waals surface area contributed by atoms with Gasteiger partial charge >= 0.3 is 0 Å². The number of nitrogens with two attached hydrogens (primary N) is 1. The van der Waals surface area contributed by atoms with Gasteiger partial charge in [-0.1, -0.05) is 6.07 Å². The molecule has 5 nitrogen and oxygen atoms in total. The Kier molecular flexibility index (Phi) is 5.64. The van der Waals surface area contributed by atoms with E-state index in [1.165, 1.54) is 0 Å². The predicted molar refractivity (Wildman–Crippen MR) is 78.3 cm³/mol. The number of hydrogen-bond acceptors (Lipinski definition) is 5. The molecule has 1 aliphatic rings. The minimum atomic E-state index is 0.0556. The van der Waals surface area contributed by atoms with Gasteiger partial charge in [-0.2, -0.15) is 0 Å². The highest BCUT2D eigenvalue weighted by molar-refractivity contribution is 5.42. The molecule has 5 heteroatoms. The summed E-state index contributed by atoms with van der Waals surface area (Å²) in [6.45, 7) is 2.19. The molecular formula is C15H24N2O3. The molecule has 112 valence electrons. The summed E-state index contributed by atoms with van der Waals surface area (Å²) in [7, 11) is 3.30. The van der Waals surface area contributed by atoms with Crippen molar-refractivity contribution in [3.05, 3.63) is 23.8 Å². The van der Waals surface area contributed by atoms with Crippen LogP contribution in [0.15, 0.2) is 18.2 Å². The van der Waals surface area contributed by atoms with Gasteiger partial charge in [-0.15, -0.1) is 0 Å². The third-order valence-electron chi connectivity index (χ3n) is 3.67. The molecule has 1 aromatic rings. The molecule has 1 aliphatic heterocycles. The van der Waals surface area contributed by atoms with E-state index in [1.54, 1.807) is 14.2 Å².